The lowest BCUT2D eigenvalue weighted by Gasteiger charge is -2.10. The van der Waals surface area contributed by atoms with Gasteiger partial charge in [0.05, 0.1) is 11.2 Å². The summed E-state index contributed by atoms with van der Waals surface area (Å²) in [6, 6.07) is 7.84. The molecule has 7 nitrogen and oxygen atoms in total. The van der Waals surface area contributed by atoms with Gasteiger partial charge in [-0.05, 0) is 63.5 Å². The summed E-state index contributed by atoms with van der Waals surface area (Å²) in [6.45, 7) is 1.32. The van der Waals surface area contributed by atoms with Gasteiger partial charge in [-0.1, -0.05) is 0 Å². The van der Waals surface area contributed by atoms with Gasteiger partial charge in [0.15, 0.2) is 5.76 Å². The minimum Gasteiger partial charge on any atom is -0.459 e. The first-order valence-corrected chi connectivity index (χ1v) is 9.80. The van der Waals surface area contributed by atoms with Gasteiger partial charge in [0.2, 0.25) is 20.7 Å². The predicted octanol–water partition coefficient (Wildman–Crippen LogP) is 3.27. The monoisotopic (exact) mass is 393 g/mol. The van der Waals surface area contributed by atoms with Crippen molar-refractivity contribution in [2.45, 2.75) is 16.3 Å². The van der Waals surface area contributed by atoms with E-state index in [4.69, 9.17) is 8.83 Å². The molecule has 0 aliphatic rings. The van der Waals surface area contributed by atoms with Gasteiger partial charge < -0.3 is 19.1 Å². The topological polar surface area (TPSA) is 88.6 Å². The fourth-order valence-corrected chi connectivity index (χ4v) is 3.71. The van der Waals surface area contributed by atoms with Gasteiger partial charge in [0, 0.05) is 6.54 Å². The molecule has 3 aromatic rings. The third kappa shape index (κ3) is 4.37. The van der Waals surface area contributed by atoms with Crippen LogP contribution in [0.4, 0.5) is 10.3 Å². The normalized spacial score (nSPS) is 11.9. The Labute approximate surface area is 156 Å². The number of nitrogens with one attached hydrogen (secondary N) is 1. The third-order valence-corrected chi connectivity index (χ3v) is 5.45. The van der Waals surface area contributed by atoms with E-state index in [1.807, 2.05) is 19.0 Å². The van der Waals surface area contributed by atoms with Crippen LogP contribution >= 0.6 is 0 Å². The Morgan fingerprint density at radius 2 is 1.93 bits per heavy atom. The molecule has 0 fully saturated rings. The van der Waals surface area contributed by atoms with E-state index in [-0.39, 0.29) is 21.7 Å². The number of sulfone groups is 1. The van der Waals surface area contributed by atoms with E-state index in [1.165, 1.54) is 18.4 Å². The molecular formula is C18H20FN3O4S. The Balaban J connectivity index is 1.95. The average Bonchev–Trinajstić information content (AvgIpc) is 3.28. The average molecular weight is 393 g/mol. The zero-order valence-electron chi connectivity index (χ0n) is 15.0. The molecule has 27 heavy (non-hydrogen) atoms. The highest BCUT2D eigenvalue weighted by atomic mass is 32.2. The van der Waals surface area contributed by atoms with Gasteiger partial charge in [0.25, 0.3) is 5.89 Å². The Hall–Kier alpha value is -2.65. The first kappa shape index (κ1) is 19.1. The van der Waals surface area contributed by atoms with E-state index in [0.29, 0.717) is 12.3 Å². The SMILES string of the molecule is CN(C)CCCNc1oc(-c2ccco2)nc1S(=O)(=O)c1ccc(F)cc1. The summed E-state index contributed by atoms with van der Waals surface area (Å²) in [4.78, 5) is 6.07. The second-order valence-corrected chi connectivity index (χ2v) is 8.04. The zero-order valence-corrected chi connectivity index (χ0v) is 15.8. The van der Waals surface area contributed by atoms with Crippen LogP contribution in [0.25, 0.3) is 11.7 Å². The van der Waals surface area contributed by atoms with Crippen molar-refractivity contribution in [1.82, 2.24) is 9.88 Å². The minimum atomic E-state index is -4.00. The summed E-state index contributed by atoms with van der Waals surface area (Å²) in [5.74, 6) is -0.125. The van der Waals surface area contributed by atoms with E-state index in [2.05, 4.69) is 10.3 Å². The Bertz CT molecular complexity index is 980. The van der Waals surface area contributed by atoms with Crippen molar-refractivity contribution in [3.8, 4) is 11.7 Å². The van der Waals surface area contributed by atoms with Crippen molar-refractivity contribution in [1.29, 1.82) is 0 Å². The second-order valence-electron chi connectivity index (χ2n) is 6.17. The smallest absolute Gasteiger partial charge is 0.266 e. The van der Waals surface area contributed by atoms with Crippen molar-refractivity contribution >= 4 is 15.7 Å². The van der Waals surface area contributed by atoms with E-state index in [0.717, 1.165) is 25.1 Å². The molecule has 3 rings (SSSR count). The molecule has 1 N–H and O–H groups in total. The van der Waals surface area contributed by atoms with E-state index in [9.17, 15) is 12.8 Å². The molecular weight excluding hydrogens is 373 g/mol. The summed E-state index contributed by atoms with van der Waals surface area (Å²) in [6.07, 6.45) is 2.22. The first-order chi connectivity index (χ1) is 12.9. The van der Waals surface area contributed by atoms with Crippen LogP contribution in [0.3, 0.4) is 0 Å². The van der Waals surface area contributed by atoms with Crippen LogP contribution in [-0.4, -0.2) is 45.5 Å². The first-order valence-electron chi connectivity index (χ1n) is 8.32. The maximum atomic E-state index is 13.2. The molecule has 0 unspecified atom stereocenters. The minimum absolute atomic E-state index is 0.0319. The molecule has 0 radical (unpaired) electrons. The number of aromatic nitrogens is 1. The molecule has 0 aliphatic heterocycles. The van der Waals surface area contributed by atoms with Gasteiger partial charge >= 0.3 is 0 Å². The van der Waals surface area contributed by atoms with E-state index >= 15 is 0 Å². The molecule has 0 saturated heterocycles. The molecule has 0 saturated carbocycles. The molecule has 144 valence electrons. The van der Waals surface area contributed by atoms with Crippen LogP contribution in [0.2, 0.25) is 0 Å². The maximum absolute atomic E-state index is 13.2. The molecule has 0 spiro atoms. The van der Waals surface area contributed by atoms with Gasteiger partial charge in [-0.2, -0.15) is 4.98 Å². The number of rotatable bonds is 8. The quantitative estimate of drug-likeness (QED) is 0.464. The number of halogens is 1. The zero-order chi connectivity index (χ0) is 19.4. The highest BCUT2D eigenvalue weighted by molar-refractivity contribution is 7.91. The van der Waals surface area contributed by atoms with Gasteiger partial charge in [0.1, 0.15) is 5.82 Å². The summed E-state index contributed by atoms with van der Waals surface area (Å²) in [5, 5.41) is 2.73. The van der Waals surface area contributed by atoms with Gasteiger partial charge in [-0.25, -0.2) is 12.8 Å². The number of hydrogen-bond donors (Lipinski definition) is 1. The van der Waals surface area contributed by atoms with Crippen LogP contribution in [0.5, 0.6) is 0 Å². The fraction of sp³-hybridized carbons (Fsp3) is 0.278. The molecule has 0 bridgehead atoms. The Morgan fingerprint density at radius 1 is 1.19 bits per heavy atom. The summed E-state index contributed by atoms with van der Waals surface area (Å²) in [7, 11) is -0.0917. The number of oxazole rings is 1. The van der Waals surface area contributed by atoms with Crippen LogP contribution in [-0.2, 0) is 9.84 Å². The van der Waals surface area contributed by atoms with Crippen LogP contribution in [0, 0.1) is 5.82 Å². The van der Waals surface area contributed by atoms with E-state index < -0.39 is 15.7 Å². The molecule has 0 amide bonds. The van der Waals surface area contributed by atoms with Crippen molar-refractivity contribution in [3.05, 3.63) is 48.5 Å². The lowest BCUT2D eigenvalue weighted by molar-refractivity contribution is 0.404. The molecule has 9 heteroatoms. The lowest BCUT2D eigenvalue weighted by atomic mass is 10.4. The Morgan fingerprint density at radius 3 is 2.56 bits per heavy atom. The highest BCUT2D eigenvalue weighted by Crippen LogP contribution is 2.32. The molecule has 0 aliphatic carbocycles. The number of nitrogens with zero attached hydrogens (tertiary/aromatic N) is 2. The van der Waals surface area contributed by atoms with Crippen LogP contribution < -0.4 is 5.32 Å². The second kappa shape index (κ2) is 7.93. The van der Waals surface area contributed by atoms with Crippen molar-refractivity contribution < 1.29 is 21.6 Å². The summed E-state index contributed by atoms with van der Waals surface area (Å²) < 4.78 is 50.0. The third-order valence-electron chi connectivity index (χ3n) is 3.77. The maximum Gasteiger partial charge on any atom is 0.266 e. The van der Waals surface area contributed by atoms with Gasteiger partial charge in [-0.15, -0.1) is 0 Å². The van der Waals surface area contributed by atoms with E-state index in [1.54, 1.807) is 12.1 Å². The number of hydrogen-bond acceptors (Lipinski definition) is 7. The largest absolute Gasteiger partial charge is 0.459 e. The Kier molecular flexibility index (Phi) is 5.62. The van der Waals surface area contributed by atoms with Crippen molar-refractivity contribution in [2.24, 2.45) is 0 Å². The van der Waals surface area contributed by atoms with Crippen molar-refractivity contribution in [2.75, 3.05) is 32.5 Å². The van der Waals surface area contributed by atoms with Crippen molar-refractivity contribution in [3.63, 3.8) is 0 Å². The van der Waals surface area contributed by atoms with Gasteiger partial charge in [-0.3, -0.25) is 0 Å². The molecule has 1 aromatic carbocycles. The number of anilines is 1. The number of benzene rings is 1. The summed E-state index contributed by atoms with van der Waals surface area (Å²) in [5.41, 5.74) is 0. The molecule has 2 heterocycles. The van der Waals surface area contributed by atoms with Crippen LogP contribution in [0.15, 0.2) is 61.4 Å². The fourth-order valence-electron chi connectivity index (χ4n) is 2.43. The highest BCUT2D eigenvalue weighted by Gasteiger charge is 2.29. The molecule has 0 atom stereocenters. The molecule has 2 aromatic heterocycles. The summed E-state index contributed by atoms with van der Waals surface area (Å²) >= 11 is 0. The number of furan rings is 1. The lowest BCUT2D eigenvalue weighted by Crippen LogP contribution is -2.17. The standard InChI is InChI=1S/C18H20FN3O4S/c1-22(2)11-4-10-20-17-18(21-16(26-17)15-5-3-12-25-15)27(23,24)14-8-6-13(19)7-9-14/h3,5-9,12,20H,4,10-11H2,1-2H3. The predicted molar refractivity (Wildman–Crippen MR) is 97.7 cm³/mol. The van der Waals surface area contributed by atoms with Crippen LogP contribution in [0.1, 0.15) is 6.42 Å².